The molecule has 0 saturated carbocycles. The summed E-state index contributed by atoms with van der Waals surface area (Å²) in [5.74, 6) is -0.810. The van der Waals surface area contributed by atoms with E-state index in [0.717, 1.165) is 12.7 Å². The Bertz CT molecular complexity index is 436. The highest BCUT2D eigenvalue weighted by Crippen LogP contribution is 2.16. The van der Waals surface area contributed by atoms with Gasteiger partial charge in [-0.1, -0.05) is 0 Å². The fourth-order valence-electron chi connectivity index (χ4n) is 1.68. The van der Waals surface area contributed by atoms with Gasteiger partial charge in [-0.05, 0) is 6.42 Å². The van der Waals surface area contributed by atoms with E-state index in [-0.39, 0.29) is 23.2 Å². The van der Waals surface area contributed by atoms with Crippen molar-refractivity contribution < 1.29 is 21.6 Å². The van der Waals surface area contributed by atoms with Crippen LogP contribution >= 0.6 is 0 Å². The van der Waals surface area contributed by atoms with Gasteiger partial charge in [0.1, 0.15) is 9.84 Å². The molecule has 8 heteroatoms. The van der Waals surface area contributed by atoms with Gasteiger partial charge in [0.2, 0.25) is 0 Å². The van der Waals surface area contributed by atoms with Crippen LogP contribution in [0, 0.1) is 5.92 Å². The van der Waals surface area contributed by atoms with E-state index in [0.29, 0.717) is 13.2 Å². The normalized spacial score (nSPS) is 23.8. The largest absolute Gasteiger partial charge is 0.381 e. The maximum Gasteiger partial charge on any atom is 0.152 e. The third-order valence-electron chi connectivity index (χ3n) is 2.78. The second-order valence-corrected chi connectivity index (χ2v) is 9.02. The SMILES string of the molecule is CS(=O)(=O)CCS(=O)(=O)CC(N)C1CCOC1. The van der Waals surface area contributed by atoms with Crippen LogP contribution in [-0.2, 0) is 24.4 Å². The van der Waals surface area contributed by atoms with E-state index in [1.807, 2.05) is 0 Å². The number of rotatable bonds is 6. The molecule has 2 N–H and O–H groups in total. The number of hydrogen-bond acceptors (Lipinski definition) is 6. The van der Waals surface area contributed by atoms with Crippen molar-refractivity contribution in [2.45, 2.75) is 12.5 Å². The molecule has 0 amide bonds. The molecule has 17 heavy (non-hydrogen) atoms. The van der Waals surface area contributed by atoms with Gasteiger partial charge in [0, 0.05) is 24.8 Å². The van der Waals surface area contributed by atoms with Crippen LogP contribution in [0.2, 0.25) is 0 Å². The van der Waals surface area contributed by atoms with Crippen molar-refractivity contribution in [3.05, 3.63) is 0 Å². The zero-order chi connectivity index (χ0) is 13.1. The highest BCUT2D eigenvalue weighted by Gasteiger charge is 2.27. The smallest absolute Gasteiger partial charge is 0.152 e. The topological polar surface area (TPSA) is 104 Å². The average molecular weight is 285 g/mol. The lowest BCUT2D eigenvalue weighted by Crippen LogP contribution is -2.38. The molecule has 2 unspecified atom stereocenters. The molecule has 0 aromatic heterocycles. The van der Waals surface area contributed by atoms with Gasteiger partial charge in [-0.15, -0.1) is 0 Å². The monoisotopic (exact) mass is 285 g/mol. The molecule has 0 aliphatic carbocycles. The van der Waals surface area contributed by atoms with Crippen molar-refractivity contribution in [1.82, 2.24) is 0 Å². The van der Waals surface area contributed by atoms with Gasteiger partial charge in [0.05, 0.1) is 23.9 Å². The molecule has 1 rings (SSSR count). The Morgan fingerprint density at radius 1 is 1.29 bits per heavy atom. The van der Waals surface area contributed by atoms with Gasteiger partial charge >= 0.3 is 0 Å². The summed E-state index contributed by atoms with van der Waals surface area (Å²) < 4.78 is 50.3. The predicted octanol–water partition coefficient (Wildman–Crippen LogP) is -1.19. The summed E-state index contributed by atoms with van der Waals surface area (Å²) in [6.07, 6.45) is 1.79. The predicted molar refractivity (Wildman–Crippen MR) is 65.3 cm³/mol. The summed E-state index contributed by atoms with van der Waals surface area (Å²) in [5, 5.41) is 0. The molecule has 0 aromatic rings. The Morgan fingerprint density at radius 3 is 2.41 bits per heavy atom. The van der Waals surface area contributed by atoms with Crippen molar-refractivity contribution in [3.63, 3.8) is 0 Å². The summed E-state index contributed by atoms with van der Waals surface area (Å²) in [5.41, 5.74) is 5.80. The molecule has 1 saturated heterocycles. The first-order chi connectivity index (χ1) is 7.70. The average Bonchev–Trinajstić information content (AvgIpc) is 2.66. The zero-order valence-electron chi connectivity index (χ0n) is 9.83. The molecule has 6 nitrogen and oxygen atoms in total. The van der Waals surface area contributed by atoms with E-state index in [1.165, 1.54) is 0 Å². The third kappa shape index (κ3) is 5.80. The fourth-order valence-corrected chi connectivity index (χ4v) is 4.93. The Morgan fingerprint density at radius 2 is 1.94 bits per heavy atom. The quantitative estimate of drug-likeness (QED) is 0.658. The highest BCUT2D eigenvalue weighted by atomic mass is 32.2. The fraction of sp³-hybridized carbons (Fsp3) is 1.00. The maximum atomic E-state index is 11.7. The van der Waals surface area contributed by atoms with Crippen LogP contribution in [0.4, 0.5) is 0 Å². The van der Waals surface area contributed by atoms with E-state index in [2.05, 4.69) is 0 Å². The van der Waals surface area contributed by atoms with Crippen LogP contribution in [0.25, 0.3) is 0 Å². The molecule has 0 radical (unpaired) electrons. The number of ether oxygens (including phenoxy) is 1. The van der Waals surface area contributed by atoms with Crippen LogP contribution in [0.15, 0.2) is 0 Å². The first kappa shape index (κ1) is 14.9. The summed E-state index contributed by atoms with van der Waals surface area (Å²) in [6.45, 7) is 1.10. The Labute approximate surface area is 102 Å². The molecular weight excluding hydrogens is 266 g/mol. The van der Waals surface area contributed by atoms with Crippen LogP contribution in [0.1, 0.15) is 6.42 Å². The number of sulfone groups is 2. The molecule has 2 atom stereocenters. The Hall–Kier alpha value is -0.180. The van der Waals surface area contributed by atoms with Crippen molar-refractivity contribution in [1.29, 1.82) is 0 Å². The van der Waals surface area contributed by atoms with Crippen molar-refractivity contribution in [3.8, 4) is 0 Å². The summed E-state index contributed by atoms with van der Waals surface area (Å²) >= 11 is 0. The van der Waals surface area contributed by atoms with Gasteiger partial charge in [-0.2, -0.15) is 0 Å². The Kier molecular flexibility index (Phi) is 4.94. The molecule has 102 valence electrons. The van der Waals surface area contributed by atoms with Gasteiger partial charge in [-0.25, -0.2) is 16.8 Å². The maximum absolute atomic E-state index is 11.7. The Balaban J connectivity index is 2.48. The first-order valence-electron chi connectivity index (χ1n) is 5.41. The zero-order valence-corrected chi connectivity index (χ0v) is 11.5. The highest BCUT2D eigenvalue weighted by molar-refractivity contribution is 7.94. The van der Waals surface area contributed by atoms with E-state index in [9.17, 15) is 16.8 Å². The van der Waals surface area contributed by atoms with Crippen molar-refractivity contribution in [2.24, 2.45) is 11.7 Å². The van der Waals surface area contributed by atoms with Crippen LogP contribution < -0.4 is 5.73 Å². The van der Waals surface area contributed by atoms with Crippen molar-refractivity contribution >= 4 is 19.7 Å². The minimum absolute atomic E-state index is 0.0583. The minimum atomic E-state index is -3.41. The van der Waals surface area contributed by atoms with Crippen LogP contribution in [-0.4, -0.2) is 59.6 Å². The van der Waals surface area contributed by atoms with Gasteiger partial charge in [-0.3, -0.25) is 0 Å². The van der Waals surface area contributed by atoms with E-state index >= 15 is 0 Å². The number of hydrogen-bond donors (Lipinski definition) is 1. The second-order valence-electron chi connectivity index (χ2n) is 4.53. The minimum Gasteiger partial charge on any atom is -0.381 e. The molecule has 1 aliphatic heterocycles. The molecule has 0 spiro atoms. The second kappa shape index (κ2) is 5.64. The summed E-state index contributed by atoms with van der Waals surface area (Å²) in [7, 11) is -6.67. The van der Waals surface area contributed by atoms with Gasteiger partial charge in [0.15, 0.2) is 9.84 Å². The van der Waals surface area contributed by atoms with Crippen molar-refractivity contribution in [2.75, 3.05) is 36.7 Å². The van der Waals surface area contributed by atoms with E-state index in [1.54, 1.807) is 0 Å². The standard InChI is InChI=1S/C9H19NO5S2/c1-16(11,12)4-5-17(13,14)7-9(10)8-2-3-15-6-8/h8-9H,2-7,10H2,1H3. The lowest BCUT2D eigenvalue weighted by atomic mass is 10.0. The summed E-state index contributed by atoms with van der Waals surface area (Å²) in [4.78, 5) is 0. The molecule has 0 aromatic carbocycles. The van der Waals surface area contributed by atoms with Gasteiger partial charge < -0.3 is 10.5 Å². The van der Waals surface area contributed by atoms with Crippen LogP contribution in [0.3, 0.4) is 0 Å². The molecule has 1 aliphatic rings. The van der Waals surface area contributed by atoms with Crippen LogP contribution in [0.5, 0.6) is 0 Å². The van der Waals surface area contributed by atoms with Gasteiger partial charge in [0.25, 0.3) is 0 Å². The molecule has 1 heterocycles. The lowest BCUT2D eigenvalue weighted by Gasteiger charge is -2.17. The first-order valence-corrected chi connectivity index (χ1v) is 9.29. The van der Waals surface area contributed by atoms with E-state index in [4.69, 9.17) is 10.5 Å². The molecule has 1 fully saturated rings. The lowest BCUT2D eigenvalue weighted by molar-refractivity contribution is 0.182. The molecule has 0 bridgehead atoms. The number of nitrogens with two attached hydrogens (primary N) is 1. The molecular formula is C9H19NO5S2. The summed E-state index contributed by atoms with van der Waals surface area (Å²) in [6, 6.07) is -0.470. The third-order valence-corrected chi connectivity index (χ3v) is 5.70. The van der Waals surface area contributed by atoms with E-state index < -0.39 is 25.7 Å².